The number of hydrogen-bond acceptors (Lipinski definition) is 5. The molecule has 4 rings (SSSR count). The number of carbonyl (C=O) groups is 1. The van der Waals surface area contributed by atoms with Crippen molar-refractivity contribution in [3.05, 3.63) is 72.1 Å². The Hall–Kier alpha value is -3.41. The summed E-state index contributed by atoms with van der Waals surface area (Å²) in [6.07, 6.45) is 4.69. The van der Waals surface area contributed by atoms with Crippen LogP contribution in [0.25, 0.3) is 11.4 Å². The second-order valence-electron chi connectivity index (χ2n) is 6.50. The van der Waals surface area contributed by atoms with Crippen molar-refractivity contribution < 1.29 is 14.3 Å². The van der Waals surface area contributed by atoms with Gasteiger partial charge in [0.1, 0.15) is 0 Å². The molecule has 0 saturated carbocycles. The Morgan fingerprint density at radius 2 is 1.71 bits per heavy atom. The molecule has 0 unspecified atom stereocenters. The van der Waals surface area contributed by atoms with E-state index in [1.807, 2.05) is 48.5 Å². The summed E-state index contributed by atoms with van der Waals surface area (Å²) in [6.45, 7) is 1.85. The summed E-state index contributed by atoms with van der Waals surface area (Å²) < 4.78 is 11.3. The van der Waals surface area contributed by atoms with E-state index >= 15 is 0 Å². The number of benzene rings is 2. The van der Waals surface area contributed by atoms with E-state index in [0.717, 1.165) is 29.0 Å². The molecule has 1 N–H and O–H groups in total. The molecule has 3 aromatic rings. The molecule has 2 aromatic carbocycles. The van der Waals surface area contributed by atoms with Crippen LogP contribution in [0.3, 0.4) is 0 Å². The smallest absolute Gasteiger partial charge is 0.254 e. The van der Waals surface area contributed by atoms with Gasteiger partial charge >= 0.3 is 0 Å². The normalized spacial score (nSPS) is 12.9. The third-order valence-corrected chi connectivity index (χ3v) is 4.46. The molecule has 6 nitrogen and oxygen atoms in total. The van der Waals surface area contributed by atoms with Gasteiger partial charge < -0.3 is 14.8 Å². The van der Waals surface area contributed by atoms with Crippen molar-refractivity contribution in [2.45, 2.75) is 12.8 Å². The summed E-state index contributed by atoms with van der Waals surface area (Å²) in [5, 5.41) is 2.91. The first kappa shape index (κ1) is 18.0. The van der Waals surface area contributed by atoms with E-state index in [0.29, 0.717) is 37.6 Å². The van der Waals surface area contributed by atoms with Crippen LogP contribution in [0.4, 0.5) is 0 Å². The zero-order valence-electron chi connectivity index (χ0n) is 15.4. The standard InChI is InChI=1S/C22H21N3O3/c26-22(18-14-24-21(25-15-18)17-5-2-1-3-6-17)23-10-9-16-7-8-19-20(13-16)28-12-4-11-27-19/h1-3,5-8,13-15H,4,9-12H2,(H,23,26). The maximum atomic E-state index is 12.3. The summed E-state index contributed by atoms with van der Waals surface area (Å²) in [5.41, 5.74) is 2.45. The first-order valence-electron chi connectivity index (χ1n) is 9.34. The van der Waals surface area contributed by atoms with Crippen molar-refractivity contribution in [2.24, 2.45) is 0 Å². The van der Waals surface area contributed by atoms with Crippen LogP contribution in [-0.2, 0) is 6.42 Å². The third kappa shape index (κ3) is 4.28. The average Bonchev–Trinajstić information content (AvgIpc) is 2.99. The molecule has 2 heterocycles. The van der Waals surface area contributed by atoms with Gasteiger partial charge in [-0.1, -0.05) is 36.4 Å². The van der Waals surface area contributed by atoms with Crippen LogP contribution < -0.4 is 14.8 Å². The average molecular weight is 375 g/mol. The molecule has 28 heavy (non-hydrogen) atoms. The molecule has 0 aliphatic carbocycles. The highest BCUT2D eigenvalue weighted by molar-refractivity contribution is 5.93. The molecule has 1 amide bonds. The van der Waals surface area contributed by atoms with Crippen molar-refractivity contribution in [1.29, 1.82) is 0 Å². The molecule has 0 radical (unpaired) electrons. The Labute approximate surface area is 163 Å². The van der Waals surface area contributed by atoms with E-state index in [9.17, 15) is 4.79 Å². The highest BCUT2D eigenvalue weighted by atomic mass is 16.5. The number of carbonyl (C=O) groups excluding carboxylic acids is 1. The Bertz CT molecular complexity index is 943. The van der Waals surface area contributed by atoms with E-state index < -0.39 is 0 Å². The van der Waals surface area contributed by atoms with Gasteiger partial charge in [-0.05, 0) is 24.1 Å². The minimum absolute atomic E-state index is 0.186. The fourth-order valence-corrected chi connectivity index (χ4v) is 2.97. The molecule has 0 spiro atoms. The number of aromatic nitrogens is 2. The zero-order valence-corrected chi connectivity index (χ0v) is 15.4. The van der Waals surface area contributed by atoms with E-state index in [1.54, 1.807) is 12.4 Å². The van der Waals surface area contributed by atoms with Crippen molar-refractivity contribution in [3.8, 4) is 22.9 Å². The lowest BCUT2D eigenvalue weighted by atomic mass is 10.1. The maximum absolute atomic E-state index is 12.3. The van der Waals surface area contributed by atoms with Gasteiger partial charge in [0.05, 0.1) is 18.8 Å². The van der Waals surface area contributed by atoms with Crippen molar-refractivity contribution in [3.63, 3.8) is 0 Å². The number of hydrogen-bond donors (Lipinski definition) is 1. The summed E-state index contributed by atoms with van der Waals surface area (Å²) in [6, 6.07) is 15.6. The SMILES string of the molecule is O=C(NCCc1ccc2c(c1)OCCCO2)c1cnc(-c2ccccc2)nc1. The molecule has 1 aliphatic rings. The number of fused-ring (bicyclic) bond motifs is 1. The van der Waals surface area contributed by atoms with Gasteiger partial charge in [-0.25, -0.2) is 9.97 Å². The van der Waals surface area contributed by atoms with Crippen LogP contribution in [0.2, 0.25) is 0 Å². The molecule has 142 valence electrons. The van der Waals surface area contributed by atoms with Crippen molar-refractivity contribution in [2.75, 3.05) is 19.8 Å². The summed E-state index contributed by atoms with van der Waals surface area (Å²) in [7, 11) is 0. The highest BCUT2D eigenvalue weighted by Crippen LogP contribution is 2.30. The summed E-state index contributed by atoms with van der Waals surface area (Å²) >= 11 is 0. The maximum Gasteiger partial charge on any atom is 0.254 e. The molecular weight excluding hydrogens is 354 g/mol. The van der Waals surface area contributed by atoms with E-state index in [4.69, 9.17) is 9.47 Å². The number of rotatable bonds is 5. The molecule has 6 heteroatoms. The second kappa shape index (κ2) is 8.52. The Morgan fingerprint density at radius 3 is 2.50 bits per heavy atom. The van der Waals surface area contributed by atoms with Crippen LogP contribution in [0.5, 0.6) is 11.5 Å². The second-order valence-corrected chi connectivity index (χ2v) is 6.50. The van der Waals surface area contributed by atoms with Crippen LogP contribution >= 0.6 is 0 Å². The van der Waals surface area contributed by atoms with Gasteiger partial charge in [-0.2, -0.15) is 0 Å². The molecule has 0 fully saturated rings. The van der Waals surface area contributed by atoms with Crippen molar-refractivity contribution in [1.82, 2.24) is 15.3 Å². The quantitative estimate of drug-likeness (QED) is 0.741. The zero-order chi connectivity index (χ0) is 19.2. The van der Waals surface area contributed by atoms with E-state index in [-0.39, 0.29) is 5.91 Å². The number of nitrogens with zero attached hydrogens (tertiary/aromatic N) is 2. The fraction of sp³-hybridized carbons (Fsp3) is 0.227. The predicted molar refractivity (Wildman–Crippen MR) is 106 cm³/mol. The van der Waals surface area contributed by atoms with Gasteiger partial charge in [-0.3, -0.25) is 4.79 Å². The Morgan fingerprint density at radius 1 is 0.964 bits per heavy atom. The van der Waals surface area contributed by atoms with Gasteiger partial charge in [-0.15, -0.1) is 0 Å². The topological polar surface area (TPSA) is 73.3 Å². The van der Waals surface area contributed by atoms with Crippen LogP contribution in [-0.4, -0.2) is 35.6 Å². The lowest BCUT2D eigenvalue weighted by Crippen LogP contribution is -2.26. The molecule has 1 aliphatic heterocycles. The number of nitrogens with one attached hydrogen (secondary N) is 1. The predicted octanol–water partition coefficient (Wildman–Crippen LogP) is 3.28. The first-order valence-corrected chi connectivity index (χ1v) is 9.34. The van der Waals surface area contributed by atoms with Gasteiger partial charge in [0.2, 0.25) is 0 Å². The highest BCUT2D eigenvalue weighted by Gasteiger charge is 2.11. The third-order valence-electron chi connectivity index (χ3n) is 4.46. The molecule has 0 bridgehead atoms. The lowest BCUT2D eigenvalue weighted by Gasteiger charge is -2.10. The summed E-state index contributed by atoms with van der Waals surface area (Å²) in [4.78, 5) is 20.9. The molecule has 0 atom stereocenters. The number of amides is 1. The van der Waals surface area contributed by atoms with Gasteiger partial charge in [0.15, 0.2) is 17.3 Å². The molecular formula is C22H21N3O3. The van der Waals surface area contributed by atoms with Crippen molar-refractivity contribution >= 4 is 5.91 Å². The number of ether oxygens (including phenoxy) is 2. The molecule has 1 aromatic heterocycles. The van der Waals surface area contributed by atoms with Crippen LogP contribution in [0.1, 0.15) is 22.3 Å². The van der Waals surface area contributed by atoms with Gasteiger partial charge in [0.25, 0.3) is 5.91 Å². The van der Waals surface area contributed by atoms with Crippen LogP contribution in [0, 0.1) is 0 Å². The monoisotopic (exact) mass is 375 g/mol. The Balaban J connectivity index is 1.33. The lowest BCUT2D eigenvalue weighted by molar-refractivity contribution is 0.0953. The van der Waals surface area contributed by atoms with E-state index in [1.165, 1.54) is 0 Å². The molecule has 0 saturated heterocycles. The first-order chi connectivity index (χ1) is 13.8. The minimum atomic E-state index is -0.186. The Kier molecular flexibility index (Phi) is 5.47. The summed E-state index contributed by atoms with van der Waals surface area (Å²) in [5.74, 6) is 1.96. The van der Waals surface area contributed by atoms with Crippen LogP contribution in [0.15, 0.2) is 60.9 Å². The van der Waals surface area contributed by atoms with Gasteiger partial charge in [0, 0.05) is 30.9 Å². The van der Waals surface area contributed by atoms with E-state index in [2.05, 4.69) is 15.3 Å². The largest absolute Gasteiger partial charge is 0.490 e. The fourth-order valence-electron chi connectivity index (χ4n) is 2.97. The minimum Gasteiger partial charge on any atom is -0.490 e.